The number of aromatic hydroxyl groups is 1. The molecule has 3 aromatic heterocycles. The normalized spacial score (nSPS) is 17.6. The van der Waals surface area contributed by atoms with Gasteiger partial charge in [0.05, 0.1) is 18.5 Å². The fourth-order valence-electron chi connectivity index (χ4n) is 6.83. The van der Waals surface area contributed by atoms with Gasteiger partial charge in [-0.3, -0.25) is 9.69 Å². The molecule has 9 nitrogen and oxygen atoms in total. The molecule has 0 bridgehead atoms. The van der Waals surface area contributed by atoms with E-state index in [1.54, 1.807) is 17.4 Å². The Hall–Kier alpha value is -4.02. The van der Waals surface area contributed by atoms with Crippen molar-refractivity contribution in [1.29, 1.82) is 0 Å². The molecule has 4 heterocycles. The van der Waals surface area contributed by atoms with Gasteiger partial charge in [0.25, 0.3) is 0 Å². The Labute approximate surface area is 266 Å². The molecule has 2 aromatic carbocycles. The fraction of sp³-hybridized carbons (Fsp3) is 0.429. The number of aryl methyl sites for hydroxylation is 2. The first kappa shape index (κ1) is 29.7. The quantitative estimate of drug-likeness (QED) is 0.180. The zero-order valence-corrected chi connectivity index (χ0v) is 27.1. The molecule has 45 heavy (non-hydrogen) atoms. The average molecular weight is 626 g/mol. The molecule has 7 rings (SSSR count). The van der Waals surface area contributed by atoms with Crippen molar-refractivity contribution in [2.24, 2.45) is 7.05 Å². The van der Waals surface area contributed by atoms with Crippen molar-refractivity contribution in [3.63, 3.8) is 0 Å². The smallest absolute Gasteiger partial charge is 0.306 e. The summed E-state index contributed by atoms with van der Waals surface area (Å²) in [5, 5.41) is 22.4. The van der Waals surface area contributed by atoms with Gasteiger partial charge in [-0.1, -0.05) is 24.3 Å². The van der Waals surface area contributed by atoms with E-state index in [4.69, 9.17) is 9.47 Å². The minimum absolute atomic E-state index is 0.00212. The topological polar surface area (TPSA) is 103 Å². The van der Waals surface area contributed by atoms with E-state index < -0.39 is 0 Å². The second-order valence-electron chi connectivity index (χ2n) is 12.4. The molecule has 5 aromatic rings. The van der Waals surface area contributed by atoms with Gasteiger partial charge in [0.2, 0.25) is 5.88 Å². The van der Waals surface area contributed by atoms with Gasteiger partial charge in [0.1, 0.15) is 23.1 Å². The zero-order valence-electron chi connectivity index (χ0n) is 26.2. The van der Waals surface area contributed by atoms with Crippen LogP contribution in [0.2, 0.25) is 0 Å². The van der Waals surface area contributed by atoms with Crippen LogP contribution in [0.5, 0.6) is 11.6 Å². The number of hydrogen-bond acceptors (Lipinski definition) is 9. The Morgan fingerprint density at radius 2 is 2.04 bits per heavy atom. The third kappa shape index (κ3) is 5.77. The largest absolute Gasteiger partial charge is 0.493 e. The molecule has 1 saturated carbocycles. The molecule has 0 spiro atoms. The highest BCUT2D eigenvalue weighted by molar-refractivity contribution is 7.17. The van der Waals surface area contributed by atoms with Crippen LogP contribution in [0.3, 0.4) is 0 Å². The SMILES string of the molecule is CCOC(=O)CC(c1cc(CN2Cc3nc(O)ccc3O[C@H](CC)C2)c2sccc2c1)c1cc(C2CC2)c2c(nnn2C)c1C. The van der Waals surface area contributed by atoms with Crippen molar-refractivity contribution < 1.29 is 19.4 Å². The van der Waals surface area contributed by atoms with E-state index in [0.29, 0.717) is 25.6 Å². The van der Waals surface area contributed by atoms with E-state index >= 15 is 0 Å². The van der Waals surface area contributed by atoms with E-state index in [1.807, 2.05) is 24.7 Å². The maximum Gasteiger partial charge on any atom is 0.306 e. The van der Waals surface area contributed by atoms with Crippen LogP contribution >= 0.6 is 11.3 Å². The predicted molar refractivity (Wildman–Crippen MR) is 175 cm³/mol. The number of fused-ring (bicyclic) bond motifs is 3. The minimum atomic E-state index is -0.209. The van der Waals surface area contributed by atoms with Gasteiger partial charge in [0, 0.05) is 43.4 Å². The third-order valence-electron chi connectivity index (χ3n) is 9.22. The Morgan fingerprint density at radius 1 is 1.20 bits per heavy atom. The molecule has 1 N–H and O–H groups in total. The minimum Gasteiger partial charge on any atom is -0.493 e. The second-order valence-corrected chi connectivity index (χ2v) is 13.3. The number of benzene rings is 2. The lowest BCUT2D eigenvalue weighted by Crippen LogP contribution is -2.32. The molecular weight excluding hydrogens is 586 g/mol. The summed E-state index contributed by atoms with van der Waals surface area (Å²) >= 11 is 1.74. The molecule has 234 valence electrons. The molecule has 0 radical (unpaired) electrons. The third-order valence-corrected chi connectivity index (χ3v) is 10.2. The van der Waals surface area contributed by atoms with Crippen molar-refractivity contribution in [2.45, 2.75) is 77.5 Å². The lowest BCUT2D eigenvalue weighted by Gasteiger charge is -2.25. The van der Waals surface area contributed by atoms with Crippen molar-refractivity contribution in [3.05, 3.63) is 75.3 Å². The van der Waals surface area contributed by atoms with Crippen LogP contribution in [0.1, 0.15) is 84.9 Å². The first-order valence-electron chi connectivity index (χ1n) is 15.9. The summed E-state index contributed by atoms with van der Waals surface area (Å²) in [6.07, 6.45) is 3.43. The number of hydrogen-bond donors (Lipinski definition) is 1. The summed E-state index contributed by atoms with van der Waals surface area (Å²) in [7, 11) is 1.96. The summed E-state index contributed by atoms with van der Waals surface area (Å²) in [5.74, 6) is 0.811. The number of pyridine rings is 1. The van der Waals surface area contributed by atoms with Gasteiger partial charge in [-0.05, 0) is 95.8 Å². The van der Waals surface area contributed by atoms with Crippen molar-refractivity contribution in [1.82, 2.24) is 24.9 Å². The number of carbonyl (C=O) groups excluding carboxylic acids is 1. The lowest BCUT2D eigenvalue weighted by atomic mass is 9.83. The lowest BCUT2D eigenvalue weighted by molar-refractivity contribution is -0.143. The molecule has 10 heteroatoms. The number of carbonyl (C=O) groups is 1. The van der Waals surface area contributed by atoms with Crippen LogP contribution in [-0.4, -0.2) is 55.2 Å². The van der Waals surface area contributed by atoms with Crippen LogP contribution in [0.4, 0.5) is 0 Å². The van der Waals surface area contributed by atoms with Gasteiger partial charge in [-0.25, -0.2) is 9.67 Å². The Balaban J connectivity index is 1.33. The summed E-state index contributed by atoms with van der Waals surface area (Å²) in [5.41, 5.74) is 8.47. The highest BCUT2D eigenvalue weighted by Crippen LogP contribution is 2.46. The number of rotatable bonds is 9. The van der Waals surface area contributed by atoms with E-state index in [-0.39, 0.29) is 30.3 Å². The zero-order chi connectivity index (χ0) is 31.2. The number of nitrogens with zero attached hydrogens (tertiary/aromatic N) is 5. The maximum absolute atomic E-state index is 13.2. The summed E-state index contributed by atoms with van der Waals surface area (Å²) < 4.78 is 14.9. The first-order chi connectivity index (χ1) is 21.8. The van der Waals surface area contributed by atoms with Gasteiger partial charge in [-0.15, -0.1) is 16.4 Å². The molecule has 1 aliphatic heterocycles. The van der Waals surface area contributed by atoms with Crippen LogP contribution in [0.15, 0.2) is 41.8 Å². The second kappa shape index (κ2) is 12.1. The molecule has 1 unspecified atom stereocenters. The molecule has 1 fully saturated rings. The number of aromatic nitrogens is 4. The van der Waals surface area contributed by atoms with Gasteiger partial charge in [0.15, 0.2) is 0 Å². The van der Waals surface area contributed by atoms with Crippen LogP contribution in [0.25, 0.3) is 21.1 Å². The fourth-order valence-corrected chi connectivity index (χ4v) is 7.72. The Kier molecular flexibility index (Phi) is 7.95. The maximum atomic E-state index is 13.2. The van der Waals surface area contributed by atoms with Crippen molar-refractivity contribution in [3.8, 4) is 11.6 Å². The van der Waals surface area contributed by atoms with Crippen molar-refractivity contribution >= 4 is 38.4 Å². The van der Waals surface area contributed by atoms with Crippen molar-refractivity contribution in [2.75, 3.05) is 13.2 Å². The van der Waals surface area contributed by atoms with Gasteiger partial charge < -0.3 is 14.6 Å². The number of thiophene rings is 1. The average Bonchev–Trinajstić information content (AvgIpc) is 3.67. The highest BCUT2D eigenvalue weighted by atomic mass is 32.1. The molecule has 2 atom stereocenters. The monoisotopic (exact) mass is 625 g/mol. The van der Waals surface area contributed by atoms with E-state index in [2.05, 4.69) is 63.7 Å². The van der Waals surface area contributed by atoms with E-state index in [9.17, 15) is 9.90 Å². The van der Waals surface area contributed by atoms with Crippen LogP contribution in [-0.2, 0) is 29.7 Å². The molecule has 2 aliphatic rings. The molecule has 0 saturated heterocycles. The van der Waals surface area contributed by atoms with Gasteiger partial charge >= 0.3 is 5.97 Å². The Morgan fingerprint density at radius 3 is 2.82 bits per heavy atom. The number of esters is 1. The van der Waals surface area contributed by atoms with Crippen LogP contribution in [0, 0.1) is 6.92 Å². The van der Waals surface area contributed by atoms with Gasteiger partial charge in [-0.2, -0.15) is 0 Å². The van der Waals surface area contributed by atoms with E-state index in [1.165, 1.54) is 15.8 Å². The predicted octanol–water partition coefficient (Wildman–Crippen LogP) is 6.73. The summed E-state index contributed by atoms with van der Waals surface area (Å²) in [4.78, 5) is 19.9. The van der Waals surface area contributed by atoms with Crippen LogP contribution < -0.4 is 4.74 Å². The van der Waals surface area contributed by atoms with E-state index in [0.717, 1.165) is 70.4 Å². The summed E-state index contributed by atoms with van der Waals surface area (Å²) in [6.45, 7) is 8.42. The highest BCUT2D eigenvalue weighted by Gasteiger charge is 2.32. The summed E-state index contributed by atoms with van der Waals surface area (Å²) in [6, 6.07) is 12.4. The number of ether oxygens (including phenoxy) is 2. The molecular formula is C35H39N5O4S. The molecule has 0 amide bonds. The molecule has 1 aliphatic carbocycles. The Bertz CT molecular complexity index is 1890. The standard InChI is InChI=1S/C35H39N5O4S/c1-5-25-18-40(19-29-30(44-25)9-10-31(41)36-29)17-24-14-23(13-22-11-12-45-35(22)24)27(16-32(42)43-6-2)26-15-28(21-7-8-21)34-33(20(26)3)37-38-39(34)4/h9-15,21,25,27H,5-8,16-19H2,1-4H3,(H,36,41)/t25-,27?/m1/s1. The first-order valence-corrected chi connectivity index (χ1v) is 16.8.